The first-order chi connectivity index (χ1) is 7.18. The van der Waals surface area contributed by atoms with Crippen molar-refractivity contribution in [2.24, 2.45) is 5.73 Å². The van der Waals surface area contributed by atoms with Crippen LogP contribution >= 0.6 is 11.8 Å². The lowest BCUT2D eigenvalue weighted by Crippen LogP contribution is -2.24. The summed E-state index contributed by atoms with van der Waals surface area (Å²) in [6.45, 7) is 6.00. The van der Waals surface area contributed by atoms with Gasteiger partial charge in [-0.2, -0.15) is 11.8 Å². The summed E-state index contributed by atoms with van der Waals surface area (Å²) < 4.78 is 0. The van der Waals surface area contributed by atoms with Gasteiger partial charge in [0.05, 0.1) is 0 Å². The molecule has 0 amide bonds. The molecule has 0 spiro atoms. The van der Waals surface area contributed by atoms with Crippen LogP contribution in [0.15, 0.2) is 12.2 Å². The Morgan fingerprint density at radius 3 is 2.67 bits per heavy atom. The second kappa shape index (κ2) is 7.34. The van der Waals surface area contributed by atoms with E-state index in [2.05, 4.69) is 25.3 Å². The van der Waals surface area contributed by atoms with Gasteiger partial charge in [-0.25, -0.2) is 0 Å². The first-order valence-electron chi connectivity index (χ1n) is 6.20. The van der Waals surface area contributed by atoms with Gasteiger partial charge in [-0.15, -0.1) is 6.58 Å². The van der Waals surface area contributed by atoms with E-state index in [4.69, 9.17) is 5.73 Å². The Morgan fingerprint density at radius 1 is 1.40 bits per heavy atom. The van der Waals surface area contributed by atoms with Gasteiger partial charge in [-0.3, -0.25) is 0 Å². The second-order valence-corrected chi connectivity index (χ2v) is 6.18. The number of hydrogen-bond acceptors (Lipinski definition) is 2. The first-order valence-corrected chi connectivity index (χ1v) is 7.25. The van der Waals surface area contributed by atoms with E-state index in [9.17, 15) is 0 Å². The Hall–Kier alpha value is 0.0500. The zero-order valence-corrected chi connectivity index (χ0v) is 10.8. The summed E-state index contributed by atoms with van der Waals surface area (Å²) >= 11 is 2.10. The molecule has 1 aliphatic carbocycles. The smallest absolute Gasteiger partial charge is 0.0133 e. The van der Waals surface area contributed by atoms with Crippen molar-refractivity contribution in [2.45, 2.75) is 63.2 Å². The molecule has 1 unspecified atom stereocenters. The molecule has 0 saturated heterocycles. The molecular weight excluding hydrogens is 202 g/mol. The van der Waals surface area contributed by atoms with E-state index in [1.54, 1.807) is 0 Å². The zero-order valence-electron chi connectivity index (χ0n) is 10.0. The molecule has 0 aromatic heterocycles. The molecule has 2 N–H and O–H groups in total. The van der Waals surface area contributed by atoms with E-state index >= 15 is 0 Å². The standard InChI is InChI=1S/C13H25NS/c1-11(2)8-9-12(14)10-15-13-6-4-3-5-7-13/h12-13H,1,3-10,14H2,2H3. The summed E-state index contributed by atoms with van der Waals surface area (Å²) in [5, 5.41) is 0.898. The van der Waals surface area contributed by atoms with Crippen LogP contribution < -0.4 is 5.73 Å². The highest BCUT2D eigenvalue weighted by atomic mass is 32.2. The van der Waals surface area contributed by atoms with E-state index in [1.165, 1.54) is 37.7 Å². The largest absolute Gasteiger partial charge is 0.327 e. The molecule has 0 heterocycles. The predicted molar refractivity (Wildman–Crippen MR) is 71.4 cm³/mol. The van der Waals surface area contributed by atoms with Crippen LogP contribution in [-0.4, -0.2) is 17.0 Å². The third kappa shape index (κ3) is 6.26. The Morgan fingerprint density at radius 2 is 2.07 bits per heavy atom. The average molecular weight is 227 g/mol. The van der Waals surface area contributed by atoms with E-state index in [0.29, 0.717) is 6.04 Å². The average Bonchev–Trinajstić information content (AvgIpc) is 2.25. The van der Waals surface area contributed by atoms with E-state index in [-0.39, 0.29) is 0 Å². The first kappa shape index (κ1) is 13.1. The van der Waals surface area contributed by atoms with Gasteiger partial charge in [0.2, 0.25) is 0 Å². The van der Waals surface area contributed by atoms with Gasteiger partial charge in [-0.05, 0) is 32.6 Å². The maximum Gasteiger partial charge on any atom is 0.0133 e. The normalized spacial score (nSPS) is 20.1. The summed E-state index contributed by atoms with van der Waals surface area (Å²) in [6.07, 6.45) is 9.33. The molecule has 1 rings (SSSR count). The molecule has 0 aromatic carbocycles. The van der Waals surface area contributed by atoms with Crippen LogP contribution in [0, 0.1) is 0 Å². The molecule has 0 aliphatic heterocycles. The predicted octanol–water partition coefficient (Wildman–Crippen LogP) is 3.74. The lowest BCUT2D eigenvalue weighted by molar-refractivity contribution is 0.515. The number of allylic oxidation sites excluding steroid dienone is 1. The van der Waals surface area contributed by atoms with Gasteiger partial charge >= 0.3 is 0 Å². The molecule has 2 heteroatoms. The highest BCUT2D eigenvalue weighted by Crippen LogP contribution is 2.28. The molecule has 1 atom stereocenters. The van der Waals surface area contributed by atoms with Crippen LogP contribution in [0.1, 0.15) is 51.9 Å². The quantitative estimate of drug-likeness (QED) is 0.700. The third-order valence-corrected chi connectivity index (χ3v) is 4.60. The molecule has 0 bridgehead atoms. The van der Waals surface area contributed by atoms with Crippen molar-refractivity contribution in [3.05, 3.63) is 12.2 Å². The summed E-state index contributed by atoms with van der Waals surface area (Å²) in [4.78, 5) is 0. The summed E-state index contributed by atoms with van der Waals surface area (Å²) in [5.41, 5.74) is 7.33. The van der Waals surface area contributed by atoms with Gasteiger partial charge in [0.15, 0.2) is 0 Å². The molecule has 0 aromatic rings. The van der Waals surface area contributed by atoms with Crippen molar-refractivity contribution in [1.29, 1.82) is 0 Å². The van der Waals surface area contributed by atoms with Crippen LogP contribution in [0.2, 0.25) is 0 Å². The SMILES string of the molecule is C=C(C)CCC(N)CSC1CCCCC1. The molecule has 15 heavy (non-hydrogen) atoms. The monoisotopic (exact) mass is 227 g/mol. The van der Waals surface area contributed by atoms with Crippen LogP contribution in [0.5, 0.6) is 0 Å². The maximum atomic E-state index is 6.08. The van der Waals surface area contributed by atoms with Gasteiger partial charge in [-0.1, -0.05) is 24.8 Å². The van der Waals surface area contributed by atoms with Crippen molar-refractivity contribution in [3.63, 3.8) is 0 Å². The van der Waals surface area contributed by atoms with Crippen LogP contribution in [0.4, 0.5) is 0 Å². The van der Waals surface area contributed by atoms with Crippen LogP contribution in [0.3, 0.4) is 0 Å². The fraction of sp³-hybridized carbons (Fsp3) is 0.846. The van der Waals surface area contributed by atoms with Gasteiger partial charge in [0, 0.05) is 17.0 Å². The van der Waals surface area contributed by atoms with Crippen LogP contribution in [-0.2, 0) is 0 Å². The van der Waals surface area contributed by atoms with E-state index in [0.717, 1.165) is 23.8 Å². The summed E-state index contributed by atoms with van der Waals surface area (Å²) in [7, 11) is 0. The highest BCUT2D eigenvalue weighted by Gasteiger charge is 2.14. The minimum Gasteiger partial charge on any atom is -0.327 e. The second-order valence-electron chi connectivity index (χ2n) is 4.85. The van der Waals surface area contributed by atoms with Crippen molar-refractivity contribution in [3.8, 4) is 0 Å². The number of hydrogen-bond donors (Lipinski definition) is 1. The molecule has 1 fully saturated rings. The third-order valence-electron chi connectivity index (χ3n) is 3.04. The zero-order chi connectivity index (χ0) is 11.1. The van der Waals surface area contributed by atoms with Crippen molar-refractivity contribution >= 4 is 11.8 Å². The van der Waals surface area contributed by atoms with E-state index < -0.39 is 0 Å². The van der Waals surface area contributed by atoms with Crippen molar-refractivity contribution < 1.29 is 0 Å². The number of thioether (sulfide) groups is 1. The lowest BCUT2D eigenvalue weighted by atomic mass is 10.0. The summed E-state index contributed by atoms with van der Waals surface area (Å²) in [5.74, 6) is 1.14. The van der Waals surface area contributed by atoms with Crippen molar-refractivity contribution in [2.75, 3.05) is 5.75 Å². The fourth-order valence-electron chi connectivity index (χ4n) is 2.01. The molecule has 1 saturated carbocycles. The van der Waals surface area contributed by atoms with Crippen molar-refractivity contribution in [1.82, 2.24) is 0 Å². The molecule has 88 valence electrons. The topological polar surface area (TPSA) is 26.0 Å². The molecule has 0 radical (unpaired) electrons. The van der Waals surface area contributed by atoms with Gasteiger partial charge in [0.1, 0.15) is 0 Å². The number of nitrogens with two attached hydrogens (primary N) is 1. The Bertz CT molecular complexity index is 185. The Kier molecular flexibility index (Phi) is 6.42. The molecule has 1 nitrogen and oxygen atoms in total. The van der Waals surface area contributed by atoms with E-state index in [1.807, 2.05) is 0 Å². The van der Waals surface area contributed by atoms with Gasteiger partial charge < -0.3 is 5.73 Å². The Labute approximate surface area is 98.9 Å². The van der Waals surface area contributed by atoms with Crippen LogP contribution in [0.25, 0.3) is 0 Å². The molecular formula is C13H25NS. The minimum atomic E-state index is 0.369. The summed E-state index contributed by atoms with van der Waals surface area (Å²) in [6, 6.07) is 0.369. The van der Waals surface area contributed by atoms with Gasteiger partial charge in [0.25, 0.3) is 0 Å². The minimum absolute atomic E-state index is 0.369. The molecule has 1 aliphatic rings. The number of rotatable bonds is 6. The maximum absolute atomic E-state index is 6.08. The lowest BCUT2D eigenvalue weighted by Gasteiger charge is -2.22. The Balaban J connectivity index is 2.04. The fourth-order valence-corrected chi connectivity index (χ4v) is 3.36. The highest BCUT2D eigenvalue weighted by molar-refractivity contribution is 7.99.